The van der Waals surface area contributed by atoms with Crippen molar-refractivity contribution in [1.29, 1.82) is 0 Å². The van der Waals surface area contributed by atoms with Crippen molar-refractivity contribution in [3.05, 3.63) is 0 Å². The highest BCUT2D eigenvalue weighted by Crippen LogP contribution is 2.14. The van der Waals surface area contributed by atoms with Gasteiger partial charge in [-0.2, -0.15) is 5.11 Å². The van der Waals surface area contributed by atoms with Gasteiger partial charge in [0, 0.05) is 39.1 Å². The van der Waals surface area contributed by atoms with Gasteiger partial charge >= 0.3 is 0 Å². The van der Waals surface area contributed by atoms with E-state index in [4.69, 9.17) is 20.9 Å². The lowest BCUT2D eigenvalue weighted by molar-refractivity contribution is -0.126. The number of hydrogen-bond acceptors (Lipinski definition) is 13. The van der Waals surface area contributed by atoms with Crippen molar-refractivity contribution in [2.45, 2.75) is 147 Å². The Bertz CT molecular complexity index is 1180. The van der Waals surface area contributed by atoms with Gasteiger partial charge in [-0.15, -0.1) is 5.10 Å². The molecule has 0 spiro atoms. The summed E-state index contributed by atoms with van der Waals surface area (Å²) in [4.78, 5) is 47.5. The first-order valence-electron chi connectivity index (χ1n) is 19.9. The van der Waals surface area contributed by atoms with E-state index < -0.39 is 27.5 Å². The molecule has 0 aromatic rings. The van der Waals surface area contributed by atoms with Crippen LogP contribution in [0.1, 0.15) is 141 Å². The average Bonchev–Trinajstić information content (AvgIpc) is 3.63. The SMILES string of the molecule is NCN[C@@H](CCCCNC(=O)COCCOCCCC(=O)CCCS(=O)(=O)CC(=O)CCCCCCCCCCCCCCCC1=NN=NC1)C(N)=O. The predicted octanol–water partition coefficient (Wildman–Crippen LogP) is 4.45. The molecule has 0 fully saturated rings. The molecular formula is C37H69N7O8S. The van der Waals surface area contributed by atoms with E-state index in [1.54, 1.807) is 0 Å². The fraction of sp³-hybridized carbons (Fsp3) is 0.865. The Morgan fingerprint density at radius 2 is 1.32 bits per heavy atom. The number of Topliss-reactive ketones (excluding diaryl/α,β-unsaturated/α-hetero) is 2. The molecule has 2 amide bonds. The summed E-state index contributed by atoms with van der Waals surface area (Å²) in [5.74, 6) is -1.56. The summed E-state index contributed by atoms with van der Waals surface area (Å²) < 4.78 is 35.5. The van der Waals surface area contributed by atoms with Gasteiger partial charge in [0.1, 0.15) is 30.5 Å². The van der Waals surface area contributed by atoms with E-state index >= 15 is 0 Å². The summed E-state index contributed by atoms with van der Waals surface area (Å²) in [6.07, 6.45) is 19.7. The van der Waals surface area contributed by atoms with E-state index in [9.17, 15) is 27.6 Å². The van der Waals surface area contributed by atoms with Crippen LogP contribution in [0.4, 0.5) is 0 Å². The van der Waals surface area contributed by atoms with E-state index in [-0.39, 0.29) is 69.0 Å². The lowest BCUT2D eigenvalue weighted by Gasteiger charge is -2.13. The van der Waals surface area contributed by atoms with Gasteiger partial charge in [0.05, 0.1) is 30.7 Å². The number of primary amides is 1. The monoisotopic (exact) mass is 771 g/mol. The molecule has 1 atom stereocenters. The van der Waals surface area contributed by atoms with Crippen molar-refractivity contribution in [3.8, 4) is 0 Å². The average molecular weight is 772 g/mol. The molecule has 0 saturated carbocycles. The van der Waals surface area contributed by atoms with Crippen LogP contribution in [0, 0.1) is 0 Å². The molecule has 16 heteroatoms. The molecule has 0 aliphatic carbocycles. The first kappa shape index (κ1) is 48.4. The van der Waals surface area contributed by atoms with Gasteiger partial charge in [0.15, 0.2) is 9.84 Å². The first-order chi connectivity index (χ1) is 25.6. The van der Waals surface area contributed by atoms with Crippen LogP contribution < -0.4 is 22.1 Å². The van der Waals surface area contributed by atoms with Crippen LogP contribution >= 0.6 is 0 Å². The number of nitrogens with one attached hydrogen (secondary N) is 2. The lowest BCUT2D eigenvalue weighted by atomic mass is 10.0. The molecule has 0 radical (unpaired) electrons. The molecule has 6 N–H and O–H groups in total. The number of ketones is 2. The van der Waals surface area contributed by atoms with Gasteiger partial charge < -0.3 is 26.3 Å². The second-order valence-corrected chi connectivity index (χ2v) is 16.1. The number of nitrogens with zero attached hydrogens (tertiary/aromatic N) is 3. The molecule has 53 heavy (non-hydrogen) atoms. The molecule has 0 unspecified atom stereocenters. The summed E-state index contributed by atoms with van der Waals surface area (Å²) in [6.45, 7) is 2.09. The number of carbonyl (C=O) groups is 4. The second-order valence-electron chi connectivity index (χ2n) is 13.9. The molecule has 0 aromatic heterocycles. The van der Waals surface area contributed by atoms with Crippen LogP contribution in [0.2, 0.25) is 0 Å². The summed E-state index contributed by atoms with van der Waals surface area (Å²) in [7, 11) is -3.51. The zero-order chi connectivity index (χ0) is 38.8. The van der Waals surface area contributed by atoms with Crippen molar-refractivity contribution in [2.24, 2.45) is 26.9 Å². The van der Waals surface area contributed by atoms with Crippen LogP contribution in [-0.4, -0.2) is 101 Å². The van der Waals surface area contributed by atoms with E-state index in [1.807, 2.05) is 0 Å². The number of carbonyl (C=O) groups excluding carboxylic acids is 4. The third-order valence-electron chi connectivity index (χ3n) is 9.01. The first-order valence-corrected chi connectivity index (χ1v) is 21.8. The minimum atomic E-state index is -3.51. The number of sulfone groups is 1. The van der Waals surface area contributed by atoms with Crippen LogP contribution in [-0.2, 0) is 38.5 Å². The van der Waals surface area contributed by atoms with Crippen molar-refractivity contribution < 1.29 is 37.1 Å². The standard InChI is InChI=1S/C37H69N7O8S/c38-31-41-35(37(39)48)22-14-15-23-40-36(47)29-52-26-25-51-24-16-20-33(45)21-17-27-53(49,50)30-34(46)19-13-11-9-7-5-3-1-2-4-6-8-10-12-18-32-28-42-44-43-32/h35,41H,1-31,38H2,(H2,39,48)(H,40,47)/t35-/m0/s1. The minimum absolute atomic E-state index is 0.0323. The molecule has 1 aliphatic heterocycles. The Morgan fingerprint density at radius 1 is 0.717 bits per heavy atom. The highest BCUT2D eigenvalue weighted by Gasteiger charge is 2.17. The van der Waals surface area contributed by atoms with Gasteiger partial charge in [0.2, 0.25) is 11.8 Å². The maximum atomic E-state index is 12.4. The van der Waals surface area contributed by atoms with Gasteiger partial charge in [-0.05, 0) is 56.6 Å². The molecule has 15 nitrogen and oxygen atoms in total. The summed E-state index contributed by atoms with van der Waals surface area (Å²) in [6, 6.07) is -0.473. The van der Waals surface area contributed by atoms with Gasteiger partial charge in [-0.1, -0.05) is 70.6 Å². The number of hydrogen-bond donors (Lipinski definition) is 4. The molecule has 1 aliphatic rings. The Labute approximate surface area is 317 Å². The number of rotatable bonds is 39. The second kappa shape index (κ2) is 32.7. The molecular weight excluding hydrogens is 703 g/mol. The zero-order valence-corrected chi connectivity index (χ0v) is 33.0. The molecule has 0 bridgehead atoms. The van der Waals surface area contributed by atoms with Crippen molar-refractivity contribution in [3.63, 3.8) is 0 Å². The largest absolute Gasteiger partial charge is 0.379 e. The summed E-state index contributed by atoms with van der Waals surface area (Å²) >= 11 is 0. The highest BCUT2D eigenvalue weighted by molar-refractivity contribution is 7.92. The van der Waals surface area contributed by atoms with E-state index in [2.05, 4.69) is 26.1 Å². The van der Waals surface area contributed by atoms with Crippen LogP contribution in [0.3, 0.4) is 0 Å². The number of unbranched alkanes of at least 4 members (excludes halogenated alkanes) is 13. The predicted molar refractivity (Wildman–Crippen MR) is 207 cm³/mol. The third-order valence-corrected chi connectivity index (χ3v) is 10.7. The number of amides is 2. The lowest BCUT2D eigenvalue weighted by Crippen LogP contribution is -2.43. The Balaban J connectivity index is 1.87. The topological polar surface area (TPSA) is 234 Å². The maximum absolute atomic E-state index is 12.4. The summed E-state index contributed by atoms with van der Waals surface area (Å²) in [5.41, 5.74) is 11.8. The number of nitrogens with two attached hydrogens (primary N) is 2. The van der Waals surface area contributed by atoms with Crippen LogP contribution in [0.5, 0.6) is 0 Å². The summed E-state index contributed by atoms with van der Waals surface area (Å²) in [5, 5.41) is 17.1. The Hall–Kier alpha value is -2.66. The fourth-order valence-corrected chi connectivity index (χ4v) is 7.33. The Kier molecular flexibility index (Phi) is 29.9. The Morgan fingerprint density at radius 3 is 1.94 bits per heavy atom. The van der Waals surface area contributed by atoms with Crippen molar-refractivity contribution in [1.82, 2.24) is 10.6 Å². The van der Waals surface area contributed by atoms with E-state index in [1.165, 1.54) is 57.8 Å². The molecule has 1 heterocycles. The molecule has 0 aromatic carbocycles. The smallest absolute Gasteiger partial charge is 0.245 e. The fourth-order valence-electron chi connectivity index (χ4n) is 5.96. The van der Waals surface area contributed by atoms with Gasteiger partial charge in [-0.3, -0.25) is 24.5 Å². The van der Waals surface area contributed by atoms with Crippen LogP contribution in [0.25, 0.3) is 0 Å². The van der Waals surface area contributed by atoms with Gasteiger partial charge in [0.25, 0.3) is 0 Å². The normalized spacial score (nSPS) is 13.3. The third kappa shape index (κ3) is 30.4. The van der Waals surface area contributed by atoms with Crippen molar-refractivity contribution in [2.75, 3.05) is 57.7 Å². The molecule has 1 rings (SSSR count). The zero-order valence-electron chi connectivity index (χ0n) is 32.2. The van der Waals surface area contributed by atoms with Gasteiger partial charge in [-0.25, -0.2) is 8.42 Å². The minimum Gasteiger partial charge on any atom is -0.379 e. The molecule has 306 valence electrons. The van der Waals surface area contributed by atoms with E-state index in [0.29, 0.717) is 51.8 Å². The maximum Gasteiger partial charge on any atom is 0.245 e. The van der Waals surface area contributed by atoms with Crippen LogP contribution in [0.15, 0.2) is 15.4 Å². The van der Waals surface area contributed by atoms with Crippen molar-refractivity contribution >= 4 is 38.9 Å². The van der Waals surface area contributed by atoms with E-state index in [0.717, 1.165) is 37.8 Å². The molecule has 0 saturated heterocycles. The highest BCUT2D eigenvalue weighted by atomic mass is 32.2. The quantitative estimate of drug-likeness (QED) is 0.0506. The number of ether oxygens (including phenoxy) is 2.